The number of carboxylic acid groups (broad SMARTS) is 1. The monoisotopic (exact) mass is 498 g/mol. The van der Waals surface area contributed by atoms with Crippen molar-refractivity contribution in [2.24, 2.45) is 0 Å². The Morgan fingerprint density at radius 1 is 1.20 bits per heavy atom. The summed E-state index contributed by atoms with van der Waals surface area (Å²) in [6.07, 6.45) is 6.30. The Balaban J connectivity index is 0.00000167. The molecule has 184 valence electrons. The molecule has 0 atom stereocenters. The van der Waals surface area contributed by atoms with E-state index in [1.807, 2.05) is 13.8 Å². The molecule has 1 amide bonds. The van der Waals surface area contributed by atoms with E-state index < -0.39 is 5.97 Å². The number of nitrogens with zero attached hydrogens (tertiary/aromatic N) is 4. The van der Waals surface area contributed by atoms with Crippen LogP contribution in [0.2, 0.25) is 0 Å². The lowest BCUT2D eigenvalue weighted by Gasteiger charge is -2.18. The maximum atomic E-state index is 13.5. The van der Waals surface area contributed by atoms with Crippen LogP contribution < -0.4 is 15.4 Å². The van der Waals surface area contributed by atoms with Crippen molar-refractivity contribution in [3.8, 4) is 5.75 Å². The van der Waals surface area contributed by atoms with Crippen molar-refractivity contribution in [1.29, 1.82) is 0 Å². The number of carbonyl (C=O) groups excluding carboxylic acids is 1. The van der Waals surface area contributed by atoms with Crippen LogP contribution in [0.1, 0.15) is 49.7 Å². The third-order valence-corrected chi connectivity index (χ3v) is 5.85. The van der Waals surface area contributed by atoms with E-state index in [9.17, 15) is 14.7 Å². The number of amides is 1. The normalized spacial score (nSPS) is 13.5. The number of anilines is 2. The zero-order chi connectivity index (χ0) is 26.0. The quantitative estimate of drug-likeness (QED) is 0.356. The van der Waals surface area contributed by atoms with Gasteiger partial charge in [-0.25, -0.2) is 9.78 Å². The van der Waals surface area contributed by atoms with E-state index in [-0.39, 0.29) is 24.0 Å². The molecule has 0 saturated heterocycles. The van der Waals surface area contributed by atoms with Gasteiger partial charge in [0.15, 0.2) is 0 Å². The average molecular weight is 499 g/mol. The molecule has 0 spiro atoms. The Morgan fingerprint density at radius 3 is 2.49 bits per heavy atom. The Bertz CT molecular complexity index is 1350. The van der Waals surface area contributed by atoms with Gasteiger partial charge in [0.25, 0.3) is 5.91 Å². The zero-order valence-electron chi connectivity index (χ0n) is 20.4. The first-order valence-electron chi connectivity index (χ1n) is 10.6. The number of ether oxygens (including phenoxy) is 1. The van der Waals surface area contributed by atoms with Gasteiger partial charge in [-0.05, 0) is 39.3 Å². The number of aromatic carboxylic acids is 1. The number of carbonyl (C=O) groups is 2. The van der Waals surface area contributed by atoms with E-state index in [0.29, 0.717) is 45.3 Å². The summed E-state index contributed by atoms with van der Waals surface area (Å²) in [7, 11) is 1.59. The molecule has 1 aliphatic heterocycles. The van der Waals surface area contributed by atoms with Crippen molar-refractivity contribution in [1.82, 2.24) is 19.9 Å². The van der Waals surface area contributed by atoms with Crippen LogP contribution in [0.3, 0.4) is 0 Å². The van der Waals surface area contributed by atoms with Gasteiger partial charge in [-0.3, -0.25) is 14.7 Å². The minimum Gasteiger partial charge on any atom is -0.496 e. The highest BCUT2D eigenvalue weighted by molar-refractivity contribution is 6.35. The highest BCUT2D eigenvalue weighted by Gasteiger charge is 2.35. The van der Waals surface area contributed by atoms with E-state index in [1.54, 1.807) is 33.2 Å². The molecule has 0 saturated carbocycles. The van der Waals surface area contributed by atoms with Gasteiger partial charge >= 0.3 is 5.97 Å². The van der Waals surface area contributed by atoms with Crippen LogP contribution in [-0.2, 0) is 11.3 Å². The number of alkyl halides is 1. The average Bonchev–Trinajstić information content (AvgIpc) is 3.24. The molecule has 4 N–H and O–H groups in total. The predicted octanol–water partition coefficient (Wildman–Crippen LogP) is 3.66. The Morgan fingerprint density at radius 2 is 1.89 bits per heavy atom. The lowest BCUT2D eigenvalue weighted by Crippen LogP contribution is -2.27. The number of nitrogens with one attached hydrogen (secondary N) is 1. The number of fused-ring (bicyclic) bond motifs is 1. The number of nitrogens with two attached hydrogens (primary N) is 1. The second-order valence-electron chi connectivity index (χ2n) is 7.93. The van der Waals surface area contributed by atoms with E-state index in [4.69, 9.17) is 10.5 Å². The maximum absolute atomic E-state index is 13.5. The first-order chi connectivity index (χ1) is 16.6. The summed E-state index contributed by atoms with van der Waals surface area (Å²) in [5, 5.41) is 9.49. The molecule has 1 aliphatic rings. The number of hydrogen-bond donors (Lipinski definition) is 3. The van der Waals surface area contributed by atoms with Gasteiger partial charge in [0.2, 0.25) is 5.95 Å². The number of aromatic amines is 1. The van der Waals surface area contributed by atoms with Crippen molar-refractivity contribution in [3.63, 3.8) is 0 Å². The summed E-state index contributed by atoms with van der Waals surface area (Å²) in [6, 6.07) is 0. The molecule has 10 nitrogen and oxygen atoms in total. The summed E-state index contributed by atoms with van der Waals surface area (Å²) >= 11 is 4.64. The first-order valence-corrected chi connectivity index (χ1v) is 11.3. The fourth-order valence-electron chi connectivity index (χ4n) is 4.19. The molecule has 3 aromatic heterocycles. The summed E-state index contributed by atoms with van der Waals surface area (Å²) in [5.74, 6) is -0.216. The number of H-pyrrole nitrogens is 1. The fraction of sp³-hybridized carbons (Fsp3) is 0.292. The lowest BCUT2D eigenvalue weighted by atomic mass is 10.1. The molecule has 35 heavy (non-hydrogen) atoms. The minimum atomic E-state index is -1.03. The first kappa shape index (κ1) is 25.7. The molecule has 4 heterocycles. The van der Waals surface area contributed by atoms with Crippen molar-refractivity contribution >= 4 is 46.9 Å². The number of pyridine rings is 1. The highest BCUT2D eigenvalue weighted by atomic mass is 35.5. The van der Waals surface area contributed by atoms with Gasteiger partial charge < -0.3 is 20.6 Å². The summed E-state index contributed by atoms with van der Waals surface area (Å²) in [5.41, 5.74) is 10.8. The number of carboxylic acids is 1. The second kappa shape index (κ2) is 10.1. The highest BCUT2D eigenvalue weighted by Crippen LogP contribution is 2.38. The number of aromatic nitrogens is 4. The molecule has 0 aliphatic carbocycles. The van der Waals surface area contributed by atoms with Crippen molar-refractivity contribution < 1.29 is 19.4 Å². The van der Waals surface area contributed by atoms with E-state index in [2.05, 4.69) is 31.5 Å². The molecular formula is C24H27ClN6O4. The summed E-state index contributed by atoms with van der Waals surface area (Å²) in [6.45, 7) is 7.32. The largest absolute Gasteiger partial charge is 0.496 e. The minimum absolute atomic E-state index is 0.0408. The molecule has 0 aromatic carbocycles. The number of hydrogen-bond acceptors (Lipinski definition) is 7. The number of rotatable bonds is 5. The van der Waals surface area contributed by atoms with E-state index in [0.717, 1.165) is 11.1 Å². The third-order valence-electron chi connectivity index (χ3n) is 5.85. The van der Waals surface area contributed by atoms with Gasteiger partial charge in [0.1, 0.15) is 11.6 Å². The van der Waals surface area contributed by atoms with Crippen LogP contribution in [0.15, 0.2) is 12.4 Å². The van der Waals surface area contributed by atoms with Crippen LogP contribution in [0.25, 0.3) is 11.6 Å². The summed E-state index contributed by atoms with van der Waals surface area (Å²) < 4.78 is 5.49. The molecular weight excluding hydrogens is 472 g/mol. The van der Waals surface area contributed by atoms with Crippen LogP contribution in [0.4, 0.5) is 11.8 Å². The summed E-state index contributed by atoms with van der Waals surface area (Å²) in [4.78, 5) is 42.5. The topological polar surface area (TPSA) is 147 Å². The lowest BCUT2D eigenvalue weighted by molar-refractivity contribution is -0.113. The molecule has 0 fully saturated rings. The molecule has 11 heteroatoms. The van der Waals surface area contributed by atoms with Crippen LogP contribution in [0.5, 0.6) is 5.75 Å². The Kier molecular flexibility index (Phi) is 7.45. The molecule has 3 aromatic rings. The standard InChI is InChI=1S/C23H24N6O4.CH3Cl/c1-10-7-25-17(12(3)19(10)33-5)9-29-20-15(8-26-23(24)28-20)14(21(29)30)6-16-11(2)18(22(31)32)13(4)27-16;1-2/h6-8,27H,9H2,1-5H3,(H,31,32)(H2,24,26,28);1H3/b14-6-;. The van der Waals surface area contributed by atoms with Crippen LogP contribution in [0, 0.1) is 27.7 Å². The molecule has 0 radical (unpaired) electrons. The van der Waals surface area contributed by atoms with Crippen LogP contribution in [-0.4, -0.2) is 50.4 Å². The number of halogens is 1. The molecule has 0 bridgehead atoms. The Labute approximate surface area is 207 Å². The Hall–Kier alpha value is -3.92. The molecule has 0 unspecified atom stereocenters. The van der Waals surface area contributed by atoms with Crippen molar-refractivity contribution in [3.05, 3.63) is 57.3 Å². The van der Waals surface area contributed by atoms with E-state index in [1.165, 1.54) is 17.5 Å². The van der Waals surface area contributed by atoms with Gasteiger partial charge in [0, 0.05) is 46.9 Å². The van der Waals surface area contributed by atoms with Gasteiger partial charge in [0.05, 0.1) is 30.5 Å². The third kappa shape index (κ3) is 4.57. The van der Waals surface area contributed by atoms with Crippen molar-refractivity contribution in [2.45, 2.75) is 34.2 Å². The van der Waals surface area contributed by atoms with Gasteiger partial charge in [-0.2, -0.15) is 4.98 Å². The zero-order valence-corrected chi connectivity index (χ0v) is 21.1. The second-order valence-corrected chi connectivity index (χ2v) is 7.93. The fourth-order valence-corrected chi connectivity index (χ4v) is 4.19. The number of nitrogen functional groups attached to an aromatic ring is 1. The SMILES string of the molecule is CCl.COc1c(C)cnc(CN2C(=O)/C(=C\c3[nH]c(C)c(C(=O)O)c3C)c3cnc(N)nc32)c1C. The smallest absolute Gasteiger partial charge is 0.337 e. The maximum Gasteiger partial charge on any atom is 0.337 e. The van der Waals surface area contributed by atoms with Crippen molar-refractivity contribution in [2.75, 3.05) is 24.1 Å². The van der Waals surface area contributed by atoms with E-state index >= 15 is 0 Å². The van der Waals surface area contributed by atoms with Gasteiger partial charge in [-0.15, -0.1) is 11.6 Å². The molecule has 4 rings (SSSR count). The predicted molar refractivity (Wildman–Crippen MR) is 135 cm³/mol. The van der Waals surface area contributed by atoms with Gasteiger partial charge in [-0.1, -0.05) is 0 Å². The van der Waals surface area contributed by atoms with Crippen LogP contribution >= 0.6 is 11.6 Å². The number of aryl methyl sites for hydroxylation is 2. The number of methoxy groups -OCH3 is 1.